The predicted molar refractivity (Wildman–Crippen MR) is 55.3 cm³/mol. The summed E-state index contributed by atoms with van der Waals surface area (Å²) in [6.07, 6.45) is 9.82. The van der Waals surface area contributed by atoms with Crippen molar-refractivity contribution in [2.24, 2.45) is 0 Å². The lowest BCUT2D eigenvalue weighted by molar-refractivity contribution is 0.111. The Bertz CT molecular complexity index is 269. The molecule has 0 saturated heterocycles. The highest BCUT2D eigenvalue weighted by molar-refractivity contribution is 5.70. The first-order valence-corrected chi connectivity index (χ1v) is 5.13. The van der Waals surface area contributed by atoms with Crippen LogP contribution in [0.15, 0.2) is 12.4 Å². The zero-order chi connectivity index (χ0) is 10.2. The Labute approximate surface area is 84.6 Å². The van der Waals surface area contributed by atoms with Gasteiger partial charge in [-0.15, -0.1) is 0 Å². The highest BCUT2D eigenvalue weighted by atomic mass is 16.1. The third kappa shape index (κ3) is 3.64. The second-order valence-corrected chi connectivity index (χ2v) is 3.36. The smallest absolute Gasteiger partial charge is 0.170 e. The summed E-state index contributed by atoms with van der Waals surface area (Å²) in [6.45, 7) is 2.19. The molecule has 0 fully saturated rings. The minimum Gasteiger partial charge on any atom is -0.296 e. The number of aldehydes is 1. The molecular weight excluding hydrogens is 176 g/mol. The SMILES string of the molecule is CCCCCCc1cnc(C=O)cn1. The summed E-state index contributed by atoms with van der Waals surface area (Å²) in [5, 5.41) is 0. The molecule has 1 rings (SSSR count). The molecule has 14 heavy (non-hydrogen) atoms. The second-order valence-electron chi connectivity index (χ2n) is 3.36. The van der Waals surface area contributed by atoms with Gasteiger partial charge in [0.1, 0.15) is 5.69 Å². The van der Waals surface area contributed by atoms with Gasteiger partial charge in [-0.05, 0) is 12.8 Å². The molecule has 1 heterocycles. The quantitative estimate of drug-likeness (QED) is 0.513. The van der Waals surface area contributed by atoms with Gasteiger partial charge in [-0.3, -0.25) is 9.78 Å². The summed E-state index contributed by atoms with van der Waals surface area (Å²) < 4.78 is 0. The summed E-state index contributed by atoms with van der Waals surface area (Å²) >= 11 is 0. The van der Waals surface area contributed by atoms with Crippen LogP contribution in [0.2, 0.25) is 0 Å². The molecule has 3 nitrogen and oxygen atoms in total. The Morgan fingerprint density at radius 1 is 1.21 bits per heavy atom. The normalized spacial score (nSPS) is 10.1. The van der Waals surface area contributed by atoms with Crippen LogP contribution in [0.25, 0.3) is 0 Å². The van der Waals surface area contributed by atoms with Crippen LogP contribution in [0.5, 0.6) is 0 Å². The molecule has 0 aromatic carbocycles. The molecule has 76 valence electrons. The second kappa shape index (κ2) is 6.24. The van der Waals surface area contributed by atoms with Crippen molar-refractivity contribution in [3.63, 3.8) is 0 Å². The maximum Gasteiger partial charge on any atom is 0.170 e. The Hall–Kier alpha value is -1.25. The van der Waals surface area contributed by atoms with Crippen molar-refractivity contribution in [1.82, 2.24) is 9.97 Å². The highest BCUT2D eigenvalue weighted by Crippen LogP contribution is 2.04. The number of hydrogen-bond acceptors (Lipinski definition) is 3. The third-order valence-corrected chi connectivity index (χ3v) is 2.13. The molecule has 0 bridgehead atoms. The first kappa shape index (κ1) is 10.8. The standard InChI is InChI=1S/C11H16N2O/c1-2-3-4-5-6-10-7-13-11(9-14)8-12-10/h7-9H,2-6H2,1H3. The van der Waals surface area contributed by atoms with Gasteiger partial charge in [-0.1, -0.05) is 26.2 Å². The number of carbonyl (C=O) groups is 1. The van der Waals surface area contributed by atoms with Crippen molar-refractivity contribution in [3.05, 3.63) is 23.8 Å². The van der Waals surface area contributed by atoms with Gasteiger partial charge in [0, 0.05) is 6.20 Å². The van der Waals surface area contributed by atoms with Gasteiger partial charge in [0.15, 0.2) is 6.29 Å². The van der Waals surface area contributed by atoms with E-state index in [1.54, 1.807) is 6.20 Å². The number of rotatable bonds is 6. The van der Waals surface area contributed by atoms with Gasteiger partial charge in [0.2, 0.25) is 0 Å². The topological polar surface area (TPSA) is 42.9 Å². The number of aryl methyl sites for hydroxylation is 1. The van der Waals surface area contributed by atoms with E-state index in [9.17, 15) is 4.79 Å². The minimum atomic E-state index is 0.405. The van der Waals surface area contributed by atoms with Crippen LogP contribution >= 0.6 is 0 Å². The Kier molecular flexibility index (Phi) is 4.83. The zero-order valence-electron chi connectivity index (χ0n) is 8.57. The summed E-state index contributed by atoms with van der Waals surface area (Å²) in [7, 11) is 0. The maximum absolute atomic E-state index is 10.3. The van der Waals surface area contributed by atoms with Crippen molar-refractivity contribution in [2.45, 2.75) is 39.0 Å². The van der Waals surface area contributed by atoms with Crippen LogP contribution in [0, 0.1) is 0 Å². The maximum atomic E-state index is 10.3. The molecule has 0 unspecified atom stereocenters. The summed E-state index contributed by atoms with van der Waals surface area (Å²) in [5.41, 5.74) is 1.38. The largest absolute Gasteiger partial charge is 0.296 e. The first-order chi connectivity index (χ1) is 6.86. The molecule has 0 amide bonds. The lowest BCUT2D eigenvalue weighted by Gasteiger charge is -1.99. The number of unbranched alkanes of at least 4 members (excludes halogenated alkanes) is 3. The molecule has 0 atom stereocenters. The van der Waals surface area contributed by atoms with E-state index in [0.29, 0.717) is 12.0 Å². The minimum absolute atomic E-state index is 0.405. The van der Waals surface area contributed by atoms with E-state index in [4.69, 9.17) is 0 Å². The average molecular weight is 192 g/mol. The van der Waals surface area contributed by atoms with E-state index in [1.165, 1.54) is 25.5 Å². The lowest BCUT2D eigenvalue weighted by Crippen LogP contribution is -1.95. The number of aromatic nitrogens is 2. The van der Waals surface area contributed by atoms with Crippen LogP contribution < -0.4 is 0 Å². The van der Waals surface area contributed by atoms with E-state index in [2.05, 4.69) is 16.9 Å². The number of carbonyl (C=O) groups excluding carboxylic acids is 1. The van der Waals surface area contributed by atoms with Crippen molar-refractivity contribution in [1.29, 1.82) is 0 Å². The van der Waals surface area contributed by atoms with E-state index in [0.717, 1.165) is 18.5 Å². The summed E-state index contributed by atoms with van der Waals surface area (Å²) in [6, 6.07) is 0. The molecule has 0 aliphatic rings. The van der Waals surface area contributed by atoms with Crippen LogP contribution in [0.4, 0.5) is 0 Å². The van der Waals surface area contributed by atoms with Crippen molar-refractivity contribution < 1.29 is 4.79 Å². The molecule has 0 spiro atoms. The Balaban J connectivity index is 2.32. The van der Waals surface area contributed by atoms with Crippen molar-refractivity contribution in [3.8, 4) is 0 Å². The molecule has 1 aromatic heterocycles. The zero-order valence-corrected chi connectivity index (χ0v) is 8.57. The average Bonchev–Trinajstić information content (AvgIpc) is 2.25. The van der Waals surface area contributed by atoms with Gasteiger partial charge in [-0.25, -0.2) is 4.98 Å². The fraction of sp³-hybridized carbons (Fsp3) is 0.545. The van der Waals surface area contributed by atoms with Crippen molar-refractivity contribution >= 4 is 6.29 Å². The van der Waals surface area contributed by atoms with Gasteiger partial charge >= 0.3 is 0 Å². The summed E-state index contributed by atoms with van der Waals surface area (Å²) in [4.78, 5) is 18.4. The molecule has 0 aliphatic carbocycles. The van der Waals surface area contributed by atoms with Gasteiger partial charge in [-0.2, -0.15) is 0 Å². The molecule has 0 N–H and O–H groups in total. The van der Waals surface area contributed by atoms with E-state index < -0.39 is 0 Å². The number of nitrogens with zero attached hydrogens (tertiary/aromatic N) is 2. The molecular formula is C11H16N2O. The van der Waals surface area contributed by atoms with Crippen LogP contribution in [-0.2, 0) is 6.42 Å². The fourth-order valence-corrected chi connectivity index (χ4v) is 1.29. The highest BCUT2D eigenvalue weighted by Gasteiger charge is 1.96. The van der Waals surface area contributed by atoms with E-state index in [-0.39, 0.29) is 0 Å². The fourth-order valence-electron chi connectivity index (χ4n) is 1.29. The van der Waals surface area contributed by atoms with Crippen molar-refractivity contribution in [2.75, 3.05) is 0 Å². The van der Waals surface area contributed by atoms with Gasteiger partial charge in [0.05, 0.1) is 11.9 Å². The van der Waals surface area contributed by atoms with Crippen LogP contribution in [0.1, 0.15) is 48.8 Å². The van der Waals surface area contributed by atoms with E-state index in [1.807, 2.05) is 0 Å². The predicted octanol–water partition coefficient (Wildman–Crippen LogP) is 2.41. The van der Waals surface area contributed by atoms with Crippen LogP contribution in [0.3, 0.4) is 0 Å². The molecule has 1 aromatic rings. The van der Waals surface area contributed by atoms with E-state index >= 15 is 0 Å². The number of hydrogen-bond donors (Lipinski definition) is 0. The van der Waals surface area contributed by atoms with Gasteiger partial charge < -0.3 is 0 Å². The third-order valence-electron chi connectivity index (χ3n) is 2.13. The lowest BCUT2D eigenvalue weighted by atomic mass is 10.1. The molecule has 3 heteroatoms. The molecule has 0 saturated carbocycles. The Morgan fingerprint density at radius 2 is 2.07 bits per heavy atom. The molecule has 0 radical (unpaired) electrons. The first-order valence-electron chi connectivity index (χ1n) is 5.13. The monoisotopic (exact) mass is 192 g/mol. The Morgan fingerprint density at radius 3 is 2.64 bits per heavy atom. The summed E-state index contributed by atoms with van der Waals surface area (Å²) in [5.74, 6) is 0. The molecule has 0 aliphatic heterocycles. The van der Waals surface area contributed by atoms with Crippen LogP contribution in [-0.4, -0.2) is 16.3 Å². The van der Waals surface area contributed by atoms with Gasteiger partial charge in [0.25, 0.3) is 0 Å².